The van der Waals surface area contributed by atoms with Crippen LogP contribution in [0.15, 0.2) is 27.4 Å². The predicted molar refractivity (Wildman–Crippen MR) is 50.4 cm³/mol. The first-order valence-corrected chi connectivity index (χ1v) is 4.05. The molecule has 0 radical (unpaired) electrons. The second-order valence-electron chi connectivity index (χ2n) is 2.92. The summed E-state index contributed by atoms with van der Waals surface area (Å²) in [6, 6.07) is 4.15. The van der Waals surface area contributed by atoms with Crippen LogP contribution in [-0.4, -0.2) is 16.7 Å². The van der Waals surface area contributed by atoms with Crippen LogP contribution in [0, 0.1) is 0 Å². The molecule has 15 heavy (non-hydrogen) atoms. The number of benzene rings is 1. The minimum Gasteiger partial charge on any atom is -0.408 e. The molecule has 0 saturated carbocycles. The monoisotopic (exact) mass is 206 g/mol. The number of primary amides is 1. The van der Waals surface area contributed by atoms with Crippen LogP contribution in [-0.2, 0) is 4.79 Å². The van der Waals surface area contributed by atoms with Crippen molar-refractivity contribution in [2.24, 2.45) is 5.73 Å². The molecule has 0 bridgehead atoms. The summed E-state index contributed by atoms with van der Waals surface area (Å²) in [5, 5.41) is 0. The quantitative estimate of drug-likeness (QED) is 0.523. The van der Waals surface area contributed by atoms with Gasteiger partial charge in [0.25, 0.3) is 5.91 Å². The van der Waals surface area contributed by atoms with Gasteiger partial charge in [0.1, 0.15) is 0 Å². The molecule has 0 fully saturated rings. The Labute approximate surface area is 82.7 Å². The summed E-state index contributed by atoms with van der Waals surface area (Å²) in [5.74, 6) is -2.48. The molecule has 0 atom stereocenters. The van der Waals surface area contributed by atoms with Gasteiger partial charge >= 0.3 is 5.76 Å². The molecule has 6 heteroatoms. The molecule has 0 aliphatic heterocycles. The number of nitrogens with one attached hydrogen (secondary N) is 1. The molecule has 1 aromatic heterocycles. The van der Waals surface area contributed by atoms with Crippen LogP contribution in [0.3, 0.4) is 0 Å². The SMILES string of the molecule is NC(=O)C(=O)c1ccc2[nH]c(=O)oc2c1. The molecule has 1 amide bonds. The van der Waals surface area contributed by atoms with Crippen molar-refractivity contribution in [1.82, 2.24) is 4.98 Å². The molecule has 6 nitrogen and oxygen atoms in total. The maximum atomic E-state index is 11.2. The number of aromatic amines is 1. The lowest BCUT2D eigenvalue weighted by atomic mass is 10.1. The Kier molecular flexibility index (Phi) is 1.89. The Morgan fingerprint density at radius 2 is 2.07 bits per heavy atom. The molecule has 3 N–H and O–H groups in total. The zero-order chi connectivity index (χ0) is 11.0. The van der Waals surface area contributed by atoms with Crippen molar-refractivity contribution in [3.8, 4) is 0 Å². The lowest BCUT2D eigenvalue weighted by Gasteiger charge is -1.94. The van der Waals surface area contributed by atoms with E-state index >= 15 is 0 Å². The maximum absolute atomic E-state index is 11.2. The third-order valence-electron chi connectivity index (χ3n) is 1.91. The van der Waals surface area contributed by atoms with Crippen molar-refractivity contribution in [3.05, 3.63) is 34.3 Å². The van der Waals surface area contributed by atoms with Gasteiger partial charge in [-0.3, -0.25) is 14.6 Å². The molecule has 2 aromatic rings. The van der Waals surface area contributed by atoms with E-state index in [9.17, 15) is 14.4 Å². The number of fused-ring (bicyclic) bond motifs is 1. The Hall–Kier alpha value is -2.37. The molecule has 1 heterocycles. The number of ketones is 1. The number of oxazole rings is 1. The summed E-state index contributed by atoms with van der Waals surface area (Å²) >= 11 is 0. The van der Waals surface area contributed by atoms with Crippen molar-refractivity contribution in [2.45, 2.75) is 0 Å². The van der Waals surface area contributed by atoms with E-state index in [0.29, 0.717) is 5.52 Å². The van der Waals surface area contributed by atoms with Gasteiger partial charge in [-0.25, -0.2) is 4.79 Å². The summed E-state index contributed by atoms with van der Waals surface area (Å²) < 4.78 is 4.72. The highest BCUT2D eigenvalue weighted by molar-refractivity contribution is 6.42. The van der Waals surface area contributed by atoms with Crippen LogP contribution < -0.4 is 11.5 Å². The van der Waals surface area contributed by atoms with E-state index in [2.05, 4.69) is 4.98 Å². The number of amides is 1. The normalized spacial score (nSPS) is 10.4. The number of rotatable bonds is 2. The highest BCUT2D eigenvalue weighted by Gasteiger charge is 2.13. The second-order valence-corrected chi connectivity index (χ2v) is 2.92. The summed E-state index contributed by atoms with van der Waals surface area (Å²) in [5.41, 5.74) is 5.60. The summed E-state index contributed by atoms with van der Waals surface area (Å²) in [6.07, 6.45) is 0. The molecule has 0 saturated heterocycles. The Morgan fingerprint density at radius 3 is 2.73 bits per heavy atom. The van der Waals surface area contributed by atoms with E-state index in [1.807, 2.05) is 0 Å². The Balaban J connectivity index is 2.60. The first kappa shape index (κ1) is 9.20. The number of H-pyrrole nitrogens is 1. The minimum absolute atomic E-state index is 0.0951. The van der Waals surface area contributed by atoms with Gasteiger partial charge in [-0.2, -0.15) is 0 Å². The lowest BCUT2D eigenvalue weighted by Crippen LogP contribution is -2.22. The summed E-state index contributed by atoms with van der Waals surface area (Å²) in [7, 11) is 0. The van der Waals surface area contributed by atoms with Gasteiger partial charge in [-0.05, 0) is 18.2 Å². The van der Waals surface area contributed by atoms with Crippen LogP contribution in [0.2, 0.25) is 0 Å². The lowest BCUT2D eigenvalue weighted by molar-refractivity contribution is -0.114. The van der Waals surface area contributed by atoms with E-state index in [4.69, 9.17) is 10.2 Å². The van der Waals surface area contributed by atoms with Crippen LogP contribution in [0.5, 0.6) is 0 Å². The Bertz CT molecular complexity index is 608. The van der Waals surface area contributed by atoms with Crippen molar-refractivity contribution in [2.75, 3.05) is 0 Å². The van der Waals surface area contributed by atoms with Crippen molar-refractivity contribution in [3.63, 3.8) is 0 Å². The predicted octanol–water partition coefficient (Wildman–Crippen LogP) is -0.211. The van der Waals surface area contributed by atoms with E-state index in [1.54, 1.807) is 0 Å². The van der Waals surface area contributed by atoms with Gasteiger partial charge < -0.3 is 10.2 Å². The highest BCUT2D eigenvalue weighted by Crippen LogP contribution is 2.12. The van der Waals surface area contributed by atoms with Crippen LogP contribution in [0.1, 0.15) is 10.4 Å². The topological polar surface area (TPSA) is 106 Å². The van der Waals surface area contributed by atoms with E-state index in [0.717, 1.165) is 0 Å². The van der Waals surface area contributed by atoms with Crippen molar-refractivity contribution < 1.29 is 14.0 Å². The summed E-state index contributed by atoms with van der Waals surface area (Å²) in [4.78, 5) is 35.0. The molecule has 0 unspecified atom stereocenters. The number of carbonyl (C=O) groups excluding carboxylic acids is 2. The third kappa shape index (κ3) is 1.52. The number of nitrogens with two attached hydrogens (primary N) is 1. The number of carbonyl (C=O) groups is 2. The summed E-state index contributed by atoms with van der Waals surface area (Å²) in [6.45, 7) is 0. The van der Waals surface area contributed by atoms with Gasteiger partial charge in [0.2, 0.25) is 5.78 Å². The number of hydrogen-bond acceptors (Lipinski definition) is 4. The molecule has 76 valence electrons. The van der Waals surface area contributed by atoms with Gasteiger partial charge in [-0.15, -0.1) is 0 Å². The molecule has 2 rings (SSSR count). The zero-order valence-electron chi connectivity index (χ0n) is 7.44. The third-order valence-corrected chi connectivity index (χ3v) is 1.91. The first-order chi connectivity index (χ1) is 7.08. The smallest absolute Gasteiger partial charge is 0.408 e. The molecule has 0 spiro atoms. The molecular weight excluding hydrogens is 200 g/mol. The average Bonchev–Trinajstić information content (AvgIpc) is 2.55. The van der Waals surface area contributed by atoms with Crippen molar-refractivity contribution >= 4 is 22.8 Å². The van der Waals surface area contributed by atoms with Gasteiger partial charge in [0.15, 0.2) is 5.58 Å². The zero-order valence-corrected chi connectivity index (χ0v) is 7.44. The van der Waals surface area contributed by atoms with Crippen molar-refractivity contribution in [1.29, 1.82) is 0 Å². The van der Waals surface area contributed by atoms with E-state index in [1.165, 1.54) is 18.2 Å². The number of aromatic nitrogens is 1. The van der Waals surface area contributed by atoms with E-state index < -0.39 is 17.4 Å². The highest BCUT2D eigenvalue weighted by atomic mass is 16.4. The maximum Gasteiger partial charge on any atom is 0.417 e. The fourth-order valence-corrected chi connectivity index (χ4v) is 1.23. The standard InChI is InChI=1S/C9H6N2O4/c10-8(13)7(12)4-1-2-5-6(3-4)15-9(14)11-5/h1-3H,(H2,10,13)(H,11,14). The molecule has 0 aliphatic rings. The largest absolute Gasteiger partial charge is 0.417 e. The van der Waals surface area contributed by atoms with Crippen LogP contribution in [0.4, 0.5) is 0 Å². The minimum atomic E-state index is -1.05. The molecule has 0 aliphatic carbocycles. The van der Waals surface area contributed by atoms with E-state index in [-0.39, 0.29) is 11.1 Å². The fraction of sp³-hybridized carbons (Fsp3) is 0. The number of hydrogen-bond donors (Lipinski definition) is 2. The van der Waals surface area contributed by atoms with Gasteiger partial charge in [0.05, 0.1) is 5.52 Å². The molecule has 1 aromatic carbocycles. The molecular formula is C9H6N2O4. The first-order valence-electron chi connectivity index (χ1n) is 4.05. The second kappa shape index (κ2) is 3.09. The van der Waals surface area contributed by atoms with Gasteiger partial charge in [0, 0.05) is 5.56 Å². The Morgan fingerprint density at radius 1 is 1.33 bits per heavy atom. The van der Waals surface area contributed by atoms with Crippen LogP contribution >= 0.6 is 0 Å². The van der Waals surface area contributed by atoms with Crippen LogP contribution in [0.25, 0.3) is 11.1 Å². The van der Waals surface area contributed by atoms with Gasteiger partial charge in [-0.1, -0.05) is 0 Å². The number of Topliss-reactive ketones (excluding diaryl/α,β-unsaturated/α-hetero) is 1. The average molecular weight is 206 g/mol. The fourth-order valence-electron chi connectivity index (χ4n) is 1.23.